The van der Waals surface area contributed by atoms with Crippen LogP contribution >= 0.6 is 11.6 Å². The third kappa shape index (κ3) is 3.38. The third-order valence-corrected chi connectivity index (χ3v) is 6.52. The second kappa shape index (κ2) is 7.49. The van der Waals surface area contributed by atoms with E-state index in [0.717, 1.165) is 29.1 Å². The number of carbonyl (C=O) groups excluding carboxylic acids is 1. The number of likely N-dealkylation sites (N-methyl/N-ethyl adjacent to an activating group) is 2. The lowest BCUT2D eigenvalue weighted by Gasteiger charge is -2.32. The Hall–Kier alpha value is -2.77. The average Bonchev–Trinajstić information content (AvgIpc) is 3.11. The van der Waals surface area contributed by atoms with Crippen LogP contribution in [0.2, 0.25) is 5.02 Å². The summed E-state index contributed by atoms with van der Waals surface area (Å²) in [6.07, 6.45) is 0.00799. The number of hydrogen-bond acceptors (Lipinski definition) is 4. The molecule has 0 saturated carbocycles. The first-order chi connectivity index (χ1) is 14.2. The van der Waals surface area contributed by atoms with E-state index in [1.807, 2.05) is 18.2 Å². The van der Waals surface area contributed by atoms with Gasteiger partial charge in [-0.05, 0) is 48.9 Å². The minimum Gasteiger partial charge on any atom is -0.465 e. The van der Waals surface area contributed by atoms with Crippen molar-refractivity contribution >= 4 is 35.1 Å². The molecule has 158 valence electrons. The van der Waals surface area contributed by atoms with Gasteiger partial charge in [-0.15, -0.1) is 0 Å². The summed E-state index contributed by atoms with van der Waals surface area (Å²) < 4.78 is 0. The van der Waals surface area contributed by atoms with Gasteiger partial charge in [0.1, 0.15) is 0 Å². The maximum Gasteiger partial charge on any atom is 0.415 e. The van der Waals surface area contributed by atoms with Gasteiger partial charge in [0.25, 0.3) is 0 Å². The lowest BCUT2D eigenvalue weighted by atomic mass is 9.81. The zero-order valence-corrected chi connectivity index (χ0v) is 18.0. The van der Waals surface area contributed by atoms with Crippen molar-refractivity contribution in [3.05, 3.63) is 58.6 Å². The number of fused-ring (bicyclic) bond motifs is 3. The molecule has 2 aliphatic heterocycles. The number of rotatable bonds is 3. The molecule has 0 spiro atoms. The van der Waals surface area contributed by atoms with Crippen LogP contribution in [0.4, 0.5) is 21.0 Å². The second-order valence-electron chi connectivity index (χ2n) is 8.29. The molecule has 8 heteroatoms. The fraction of sp³-hybridized carbons (Fsp3) is 0.364. The maximum absolute atomic E-state index is 12.6. The van der Waals surface area contributed by atoms with Crippen LogP contribution < -0.4 is 10.2 Å². The molecule has 0 unspecified atom stereocenters. The predicted molar refractivity (Wildman–Crippen MR) is 117 cm³/mol. The molecule has 2 aromatic carbocycles. The summed E-state index contributed by atoms with van der Waals surface area (Å²) in [7, 11) is 4.23. The molecule has 1 fully saturated rings. The number of hydrogen-bond donors (Lipinski definition) is 2. The molecule has 1 saturated heterocycles. The number of nitrogens with one attached hydrogen (secondary N) is 1. The highest BCUT2D eigenvalue weighted by molar-refractivity contribution is 6.30. The van der Waals surface area contributed by atoms with E-state index in [0.29, 0.717) is 10.7 Å². The fourth-order valence-corrected chi connectivity index (χ4v) is 5.08. The van der Waals surface area contributed by atoms with Crippen LogP contribution in [0.25, 0.3) is 0 Å². The number of halogens is 1. The van der Waals surface area contributed by atoms with Gasteiger partial charge in [0, 0.05) is 35.4 Å². The van der Waals surface area contributed by atoms with E-state index in [-0.39, 0.29) is 18.1 Å². The molecule has 2 heterocycles. The van der Waals surface area contributed by atoms with E-state index < -0.39 is 12.1 Å². The van der Waals surface area contributed by atoms with E-state index in [4.69, 9.17) is 11.6 Å². The van der Waals surface area contributed by atoms with Gasteiger partial charge in [0.05, 0.1) is 12.7 Å². The lowest BCUT2D eigenvalue weighted by Crippen LogP contribution is -2.45. The lowest BCUT2D eigenvalue weighted by molar-refractivity contribution is 0.150. The minimum atomic E-state index is -1.31. The number of likely N-dealkylation sites (tertiary alicyclic amines) is 1. The first kappa shape index (κ1) is 20.5. The molecule has 0 bridgehead atoms. The van der Waals surface area contributed by atoms with Gasteiger partial charge in [-0.25, -0.2) is 14.5 Å². The van der Waals surface area contributed by atoms with Crippen LogP contribution in [0.3, 0.4) is 0 Å². The van der Waals surface area contributed by atoms with Gasteiger partial charge in [0.2, 0.25) is 0 Å². The Kier molecular flexibility index (Phi) is 5.11. The van der Waals surface area contributed by atoms with Gasteiger partial charge in [-0.2, -0.15) is 0 Å². The number of carboxylic acid groups (broad SMARTS) is 1. The topological polar surface area (TPSA) is 76.1 Å². The quantitative estimate of drug-likeness (QED) is 0.756. The molecule has 2 aromatic rings. The Morgan fingerprint density at radius 3 is 2.73 bits per heavy atom. The molecule has 30 heavy (non-hydrogen) atoms. The zero-order valence-electron chi connectivity index (χ0n) is 17.2. The summed E-state index contributed by atoms with van der Waals surface area (Å²) >= 11 is 5.95. The maximum atomic E-state index is 12.6. The van der Waals surface area contributed by atoms with Gasteiger partial charge < -0.3 is 15.3 Å². The SMILES string of the molecule is CN1CC[C@@]2(C)c3cc(CN(C(=O)O)C(=O)Nc4cccc(Cl)c4)ccc3N(C)[C@@H]12. The second-order valence-corrected chi connectivity index (χ2v) is 8.73. The van der Waals surface area contributed by atoms with Crippen molar-refractivity contribution in [1.82, 2.24) is 9.80 Å². The van der Waals surface area contributed by atoms with Crippen LogP contribution in [0.1, 0.15) is 24.5 Å². The number of amides is 3. The average molecular weight is 429 g/mol. The van der Waals surface area contributed by atoms with Crippen LogP contribution in [-0.2, 0) is 12.0 Å². The first-order valence-corrected chi connectivity index (χ1v) is 10.2. The van der Waals surface area contributed by atoms with Gasteiger partial charge in [-0.3, -0.25) is 4.90 Å². The standard InChI is InChI=1S/C22H25ClN4O3/c1-22-9-10-25(2)19(22)26(3)18-8-7-14(11-17(18)22)13-27(21(29)30)20(28)24-16-6-4-5-15(23)12-16/h4-8,11-12,19H,9-10,13H2,1-3H3,(H,24,28)(H,29,30)/t19-,22+/m1/s1. The van der Waals surface area contributed by atoms with E-state index in [1.54, 1.807) is 24.3 Å². The highest BCUT2D eigenvalue weighted by Crippen LogP contribution is 2.51. The zero-order chi connectivity index (χ0) is 21.6. The number of imide groups is 1. The van der Waals surface area contributed by atoms with Crippen LogP contribution in [0.15, 0.2) is 42.5 Å². The summed E-state index contributed by atoms with van der Waals surface area (Å²) in [4.78, 5) is 29.8. The summed E-state index contributed by atoms with van der Waals surface area (Å²) in [5.74, 6) is 0. The molecule has 7 nitrogen and oxygen atoms in total. The Labute approximate surface area is 180 Å². The molecule has 2 atom stereocenters. The predicted octanol–water partition coefficient (Wildman–Crippen LogP) is 4.42. The molecular weight excluding hydrogens is 404 g/mol. The molecule has 3 amide bonds. The fourth-order valence-electron chi connectivity index (χ4n) is 4.89. The smallest absolute Gasteiger partial charge is 0.415 e. The van der Waals surface area contributed by atoms with Crippen LogP contribution in [0, 0.1) is 0 Å². The van der Waals surface area contributed by atoms with Crippen molar-refractivity contribution in [3.63, 3.8) is 0 Å². The number of urea groups is 1. The Bertz CT molecular complexity index is 1010. The molecule has 0 radical (unpaired) electrons. The largest absolute Gasteiger partial charge is 0.465 e. The van der Waals surface area contributed by atoms with Crippen molar-refractivity contribution in [2.45, 2.75) is 31.5 Å². The van der Waals surface area contributed by atoms with Crippen molar-refractivity contribution in [1.29, 1.82) is 0 Å². The Morgan fingerprint density at radius 2 is 2.03 bits per heavy atom. The van der Waals surface area contributed by atoms with E-state index in [9.17, 15) is 14.7 Å². The Morgan fingerprint density at radius 1 is 1.27 bits per heavy atom. The highest BCUT2D eigenvalue weighted by atomic mass is 35.5. The molecule has 0 aromatic heterocycles. The molecule has 2 N–H and O–H groups in total. The van der Waals surface area contributed by atoms with Gasteiger partial charge in [0.15, 0.2) is 0 Å². The summed E-state index contributed by atoms with van der Waals surface area (Å²) in [6, 6.07) is 11.9. The number of carbonyl (C=O) groups is 2. The van der Waals surface area contributed by atoms with E-state index in [2.05, 4.69) is 36.1 Å². The first-order valence-electron chi connectivity index (χ1n) is 9.84. The van der Waals surface area contributed by atoms with Crippen molar-refractivity contribution < 1.29 is 14.7 Å². The minimum absolute atomic E-state index is 0.0219. The van der Waals surface area contributed by atoms with Crippen molar-refractivity contribution in [2.24, 2.45) is 0 Å². The normalized spacial score (nSPS) is 22.5. The monoisotopic (exact) mass is 428 g/mol. The molecular formula is C22H25ClN4O3. The van der Waals surface area contributed by atoms with E-state index in [1.165, 1.54) is 5.56 Å². The number of anilines is 2. The van der Waals surface area contributed by atoms with Crippen molar-refractivity contribution in [3.8, 4) is 0 Å². The highest BCUT2D eigenvalue weighted by Gasteiger charge is 2.52. The Balaban J connectivity index is 1.58. The number of nitrogens with zero attached hydrogens (tertiary/aromatic N) is 3. The molecule has 4 rings (SSSR count). The third-order valence-electron chi connectivity index (χ3n) is 6.29. The summed E-state index contributed by atoms with van der Waals surface area (Å²) in [5.41, 5.74) is 3.56. The van der Waals surface area contributed by atoms with Crippen LogP contribution in [-0.4, -0.2) is 53.8 Å². The summed E-state index contributed by atoms with van der Waals surface area (Å²) in [6.45, 7) is 3.24. The van der Waals surface area contributed by atoms with Gasteiger partial charge in [-0.1, -0.05) is 36.7 Å². The molecule has 0 aliphatic carbocycles. The van der Waals surface area contributed by atoms with Crippen molar-refractivity contribution in [2.75, 3.05) is 30.9 Å². The van der Waals surface area contributed by atoms with Gasteiger partial charge >= 0.3 is 12.1 Å². The van der Waals surface area contributed by atoms with E-state index >= 15 is 0 Å². The van der Waals surface area contributed by atoms with Crippen LogP contribution in [0.5, 0.6) is 0 Å². The summed E-state index contributed by atoms with van der Waals surface area (Å²) in [5, 5.41) is 12.7. The number of benzene rings is 2. The molecule has 2 aliphatic rings.